The highest BCUT2D eigenvalue weighted by Crippen LogP contribution is 2.42. The van der Waals surface area contributed by atoms with Gasteiger partial charge in [0.15, 0.2) is 12.3 Å². The van der Waals surface area contributed by atoms with Crippen molar-refractivity contribution in [2.75, 3.05) is 39.3 Å². The number of nitrogens with zero attached hydrogens (tertiary/aromatic N) is 2. The van der Waals surface area contributed by atoms with Crippen molar-refractivity contribution in [2.45, 2.75) is 104 Å². The number of rotatable bonds is 13. The molecule has 1 aromatic heterocycles. The molecule has 0 aliphatic carbocycles. The number of ether oxygens (including phenoxy) is 4. The number of fused-ring (bicyclic) bond motifs is 1. The van der Waals surface area contributed by atoms with Gasteiger partial charge in [-0.3, -0.25) is 14.4 Å². The zero-order valence-corrected chi connectivity index (χ0v) is 33.0. The van der Waals surface area contributed by atoms with Crippen LogP contribution in [0.5, 0.6) is 0 Å². The maximum Gasteiger partial charge on any atom is 0.303 e. The van der Waals surface area contributed by atoms with Crippen molar-refractivity contribution in [2.24, 2.45) is 11.3 Å². The first-order valence-electron chi connectivity index (χ1n) is 19.8. The topological polar surface area (TPSA) is 125 Å². The van der Waals surface area contributed by atoms with Gasteiger partial charge < -0.3 is 38.5 Å². The molecule has 2 aromatic carbocycles. The fraction of sp³-hybridized carbons (Fsp3) is 0.545. The molecule has 3 aromatic rings. The second-order valence-electron chi connectivity index (χ2n) is 15.9. The highest BCUT2D eigenvalue weighted by molar-refractivity contribution is 5.88. The van der Waals surface area contributed by atoms with E-state index in [4.69, 9.17) is 18.9 Å². The average molecular weight is 756 g/mol. The number of likely N-dealkylation sites (tertiary alicyclic amines) is 1. The predicted octanol–water partition coefficient (Wildman–Crippen LogP) is 6.33. The van der Waals surface area contributed by atoms with Crippen LogP contribution in [-0.2, 0) is 44.5 Å². The molecule has 5 atom stereocenters. The number of aromatic nitrogens is 1. The largest absolute Gasteiger partial charge is 0.463 e. The predicted molar refractivity (Wildman–Crippen MR) is 210 cm³/mol. The van der Waals surface area contributed by atoms with Gasteiger partial charge >= 0.3 is 17.9 Å². The second kappa shape index (κ2) is 18.1. The van der Waals surface area contributed by atoms with Gasteiger partial charge in [-0.25, -0.2) is 0 Å². The van der Waals surface area contributed by atoms with Crippen LogP contribution in [-0.4, -0.2) is 90.8 Å². The molecule has 0 radical (unpaired) electrons. The lowest BCUT2D eigenvalue weighted by Gasteiger charge is -2.45. The number of esters is 3. The van der Waals surface area contributed by atoms with E-state index in [1.54, 1.807) is 0 Å². The van der Waals surface area contributed by atoms with Crippen molar-refractivity contribution >= 4 is 40.7 Å². The smallest absolute Gasteiger partial charge is 0.303 e. The Bertz CT molecular complexity index is 1850. The summed E-state index contributed by atoms with van der Waals surface area (Å²) in [6.45, 7) is 13.0. The fourth-order valence-electron chi connectivity index (χ4n) is 9.06. The summed E-state index contributed by atoms with van der Waals surface area (Å²) in [4.78, 5) is 52.1. The lowest BCUT2D eigenvalue weighted by Crippen LogP contribution is -2.56. The number of Topliss-reactive ketones (excluding diaryl/α,β-unsaturated/α-hetero) is 1. The fourth-order valence-corrected chi connectivity index (χ4v) is 9.06. The number of piperidine rings is 2. The number of aryl methyl sites for hydroxylation is 1. The van der Waals surface area contributed by atoms with Gasteiger partial charge in [-0.15, -0.1) is 0 Å². The number of hydrogen-bond acceptors (Lipinski definition) is 10. The molecule has 11 nitrogen and oxygen atoms in total. The summed E-state index contributed by atoms with van der Waals surface area (Å²) in [5, 5.41) is 4.57. The van der Waals surface area contributed by atoms with Crippen molar-refractivity contribution in [3.63, 3.8) is 0 Å². The van der Waals surface area contributed by atoms with E-state index >= 15 is 0 Å². The van der Waals surface area contributed by atoms with Gasteiger partial charge in [-0.2, -0.15) is 0 Å². The van der Waals surface area contributed by atoms with Gasteiger partial charge in [-0.1, -0.05) is 48.6 Å². The Kier molecular flexibility index (Phi) is 13.3. The van der Waals surface area contributed by atoms with Gasteiger partial charge in [0.25, 0.3) is 0 Å². The summed E-state index contributed by atoms with van der Waals surface area (Å²) in [7, 11) is 0. The zero-order chi connectivity index (χ0) is 39.1. The first kappa shape index (κ1) is 40.3. The molecular formula is C44H57N3O8. The molecule has 55 heavy (non-hydrogen) atoms. The Hall–Kier alpha value is -4.32. The van der Waals surface area contributed by atoms with Crippen LogP contribution in [0.15, 0.2) is 54.7 Å². The summed E-state index contributed by atoms with van der Waals surface area (Å²) < 4.78 is 25.6. The van der Waals surface area contributed by atoms with Crippen molar-refractivity contribution in [1.29, 1.82) is 0 Å². The summed E-state index contributed by atoms with van der Waals surface area (Å²) in [6, 6.07) is 14.6. The van der Waals surface area contributed by atoms with E-state index in [0.29, 0.717) is 11.8 Å². The standard InChI is InChI=1S/C44H57N3O8/c1-29-10-8-12-38-40(29)36(25-35-15-13-34(14-16-35)11-6-7-22-46-23-9-17-44(28-46)18-20-45-21-19-44)26-47(38)43-42(54-33(5)51)37(24-30(2)48)41(53-32(4)50)39(55-43)27-52-31(3)49/h6,8,10-16,26,37,39,41-43,45H,7,9,17-25,27-28H2,1-5H3/t37-,39+,41-,42+,43+/m0/s1. The van der Waals surface area contributed by atoms with Crippen LogP contribution in [0.3, 0.4) is 0 Å². The number of benzene rings is 2. The second-order valence-corrected chi connectivity index (χ2v) is 15.9. The normalized spacial score (nSPS) is 24.2. The summed E-state index contributed by atoms with van der Waals surface area (Å²) in [5.41, 5.74) is 5.79. The van der Waals surface area contributed by atoms with Crippen LogP contribution in [0.4, 0.5) is 0 Å². The molecule has 0 bridgehead atoms. The van der Waals surface area contributed by atoms with E-state index in [-0.39, 0.29) is 18.8 Å². The van der Waals surface area contributed by atoms with E-state index < -0.39 is 48.4 Å². The Morgan fingerprint density at radius 1 is 0.927 bits per heavy atom. The van der Waals surface area contributed by atoms with Crippen LogP contribution in [0.1, 0.15) is 94.7 Å². The maximum atomic E-state index is 12.7. The first-order chi connectivity index (χ1) is 26.4. The van der Waals surface area contributed by atoms with Gasteiger partial charge in [-0.05, 0) is 106 Å². The Morgan fingerprint density at radius 3 is 2.35 bits per heavy atom. The van der Waals surface area contributed by atoms with Crippen LogP contribution >= 0.6 is 0 Å². The highest BCUT2D eigenvalue weighted by atomic mass is 16.6. The van der Waals surface area contributed by atoms with Gasteiger partial charge in [0, 0.05) is 57.8 Å². The van der Waals surface area contributed by atoms with Crippen LogP contribution in [0, 0.1) is 18.3 Å². The lowest BCUT2D eigenvalue weighted by molar-refractivity contribution is -0.249. The molecule has 3 aliphatic rings. The first-order valence-corrected chi connectivity index (χ1v) is 19.8. The van der Waals surface area contributed by atoms with E-state index in [1.165, 1.54) is 66.5 Å². The minimum atomic E-state index is -1.01. The van der Waals surface area contributed by atoms with E-state index in [2.05, 4.69) is 59.6 Å². The molecule has 0 amide bonds. The molecule has 3 aliphatic heterocycles. The molecule has 0 saturated carbocycles. The van der Waals surface area contributed by atoms with Gasteiger partial charge in [0.2, 0.25) is 0 Å². The van der Waals surface area contributed by atoms with E-state index in [1.807, 2.05) is 22.9 Å². The molecule has 0 unspecified atom stereocenters. The van der Waals surface area contributed by atoms with E-state index in [9.17, 15) is 19.2 Å². The van der Waals surface area contributed by atoms with Gasteiger partial charge in [0.1, 0.15) is 24.6 Å². The summed E-state index contributed by atoms with van der Waals surface area (Å²) in [6.07, 6.45) is 9.57. The molecular weight excluding hydrogens is 698 g/mol. The molecule has 1 spiro atoms. The van der Waals surface area contributed by atoms with Crippen LogP contribution < -0.4 is 5.32 Å². The average Bonchev–Trinajstić information content (AvgIpc) is 3.50. The molecule has 4 heterocycles. The number of carbonyl (C=O) groups is 4. The highest BCUT2D eigenvalue weighted by Gasteiger charge is 2.51. The Labute approximate surface area is 324 Å². The molecule has 11 heteroatoms. The number of carbonyl (C=O) groups excluding carboxylic acids is 4. The third kappa shape index (κ3) is 10.1. The Morgan fingerprint density at radius 2 is 1.65 bits per heavy atom. The van der Waals surface area contributed by atoms with Crippen molar-refractivity contribution in [1.82, 2.24) is 14.8 Å². The van der Waals surface area contributed by atoms with E-state index in [0.717, 1.165) is 59.2 Å². The number of nitrogens with one attached hydrogen (secondary N) is 1. The monoisotopic (exact) mass is 755 g/mol. The minimum Gasteiger partial charge on any atom is -0.463 e. The lowest BCUT2D eigenvalue weighted by atomic mass is 9.73. The third-order valence-electron chi connectivity index (χ3n) is 11.5. The summed E-state index contributed by atoms with van der Waals surface area (Å²) >= 11 is 0. The van der Waals surface area contributed by atoms with Crippen molar-refractivity contribution < 1.29 is 38.1 Å². The molecule has 3 saturated heterocycles. The van der Waals surface area contributed by atoms with Crippen molar-refractivity contribution in [3.8, 4) is 0 Å². The van der Waals surface area contributed by atoms with Crippen LogP contribution in [0.25, 0.3) is 17.0 Å². The van der Waals surface area contributed by atoms with Gasteiger partial charge in [0.05, 0.1) is 5.52 Å². The quantitative estimate of drug-likeness (QED) is 0.156. The molecule has 6 rings (SSSR count). The number of ketones is 1. The minimum absolute atomic E-state index is 0.0466. The molecule has 3 fully saturated rings. The number of hydrogen-bond donors (Lipinski definition) is 1. The van der Waals surface area contributed by atoms with Crippen LogP contribution in [0.2, 0.25) is 0 Å². The molecule has 1 N–H and O–H groups in total. The zero-order valence-electron chi connectivity index (χ0n) is 33.0. The molecule has 296 valence electrons. The SMILES string of the molecule is CC(=O)C[C@@H]1[C@@H](OC(C)=O)[C@H](n2cc(Cc3ccc(C=CCCN4CCCC5(CCNCC5)C4)cc3)c3c(C)cccc32)O[C@H](COC(C)=O)[C@H]1OC(C)=O. The third-order valence-corrected chi connectivity index (χ3v) is 11.5. The van der Waals surface area contributed by atoms with Crippen molar-refractivity contribution in [3.05, 3.63) is 77.0 Å². The maximum absolute atomic E-state index is 12.7. The summed E-state index contributed by atoms with van der Waals surface area (Å²) in [5.74, 6) is -2.62. The Balaban J connectivity index is 1.23.